The predicted molar refractivity (Wildman–Crippen MR) is 102 cm³/mol. The summed E-state index contributed by atoms with van der Waals surface area (Å²) in [6.07, 6.45) is -0.0195. The molecular formula is C20H18Cl2N2O2. The molecule has 26 heavy (non-hydrogen) atoms. The minimum atomic E-state index is -0.539. The molecule has 4 rings (SSSR count). The minimum absolute atomic E-state index is 0.188. The van der Waals surface area contributed by atoms with Crippen LogP contribution in [0, 0.1) is 0 Å². The third kappa shape index (κ3) is 3.26. The van der Waals surface area contributed by atoms with Crippen LogP contribution in [0.2, 0.25) is 10.0 Å². The Kier molecular flexibility index (Phi) is 4.76. The van der Waals surface area contributed by atoms with E-state index in [0.29, 0.717) is 23.0 Å². The number of halogens is 2. The van der Waals surface area contributed by atoms with Gasteiger partial charge in [-0.1, -0.05) is 58.7 Å². The summed E-state index contributed by atoms with van der Waals surface area (Å²) in [6.45, 7) is 0.519. The summed E-state index contributed by atoms with van der Waals surface area (Å²) in [4.78, 5) is 2.04. The van der Waals surface area contributed by atoms with E-state index in [1.165, 1.54) is 0 Å². The fraction of sp³-hybridized carbons (Fsp3) is 0.250. The molecule has 0 spiro atoms. The molecule has 0 amide bonds. The summed E-state index contributed by atoms with van der Waals surface area (Å²) in [5, 5.41) is 15.9. The molecule has 1 heterocycles. The highest BCUT2D eigenvalue weighted by Crippen LogP contribution is 2.41. The van der Waals surface area contributed by atoms with Crippen LogP contribution in [0.1, 0.15) is 22.9 Å². The van der Waals surface area contributed by atoms with E-state index in [1.54, 1.807) is 6.07 Å². The predicted octanol–water partition coefficient (Wildman–Crippen LogP) is 4.74. The van der Waals surface area contributed by atoms with Crippen molar-refractivity contribution in [1.82, 2.24) is 10.1 Å². The summed E-state index contributed by atoms with van der Waals surface area (Å²) >= 11 is 12.5. The molecule has 0 fully saturated rings. The molecule has 6 heteroatoms. The molecule has 1 N–H and O–H groups in total. The van der Waals surface area contributed by atoms with Gasteiger partial charge >= 0.3 is 0 Å². The van der Waals surface area contributed by atoms with Crippen LogP contribution in [-0.4, -0.2) is 28.3 Å². The Morgan fingerprint density at radius 3 is 2.73 bits per heavy atom. The van der Waals surface area contributed by atoms with Crippen LogP contribution in [0.4, 0.5) is 0 Å². The van der Waals surface area contributed by atoms with Crippen molar-refractivity contribution in [3.8, 4) is 11.3 Å². The van der Waals surface area contributed by atoms with Crippen LogP contribution in [0.15, 0.2) is 53.1 Å². The van der Waals surface area contributed by atoms with Gasteiger partial charge in [0.1, 0.15) is 5.69 Å². The summed E-state index contributed by atoms with van der Waals surface area (Å²) in [7, 11) is 1.95. The van der Waals surface area contributed by atoms with E-state index >= 15 is 0 Å². The SMILES string of the molecule is CN(Cc1cc(-c2ccccc2)no1)[C@H]1c2cc(Cl)cc(Cl)c2C[C@H]1O. The van der Waals surface area contributed by atoms with Gasteiger partial charge in [0.15, 0.2) is 5.76 Å². The Balaban J connectivity index is 1.56. The Hall–Kier alpha value is -1.85. The fourth-order valence-corrected chi connectivity index (χ4v) is 4.22. The molecule has 1 aromatic heterocycles. The van der Waals surface area contributed by atoms with Crippen LogP contribution in [0.25, 0.3) is 11.3 Å². The van der Waals surface area contributed by atoms with Crippen LogP contribution >= 0.6 is 23.2 Å². The number of likely N-dealkylation sites (N-methyl/N-ethyl adjacent to an activating group) is 1. The quantitative estimate of drug-likeness (QED) is 0.701. The second kappa shape index (κ2) is 7.05. The highest BCUT2D eigenvalue weighted by Gasteiger charge is 2.36. The van der Waals surface area contributed by atoms with Crippen LogP contribution in [0.3, 0.4) is 0 Å². The lowest BCUT2D eigenvalue weighted by Gasteiger charge is -2.27. The lowest BCUT2D eigenvalue weighted by atomic mass is 10.1. The number of benzene rings is 2. The average molecular weight is 389 g/mol. The Morgan fingerprint density at radius 2 is 1.96 bits per heavy atom. The Labute approximate surface area is 161 Å². The number of aromatic nitrogens is 1. The number of hydrogen-bond donors (Lipinski definition) is 1. The van der Waals surface area contributed by atoms with E-state index in [0.717, 1.165) is 28.1 Å². The third-order valence-electron chi connectivity index (χ3n) is 4.80. The molecule has 0 saturated heterocycles. The number of rotatable bonds is 4. The molecule has 1 aliphatic carbocycles. The zero-order chi connectivity index (χ0) is 18.3. The highest BCUT2D eigenvalue weighted by atomic mass is 35.5. The maximum Gasteiger partial charge on any atom is 0.151 e. The molecule has 0 saturated carbocycles. The number of fused-ring (bicyclic) bond motifs is 1. The molecular weight excluding hydrogens is 371 g/mol. The first-order valence-electron chi connectivity index (χ1n) is 8.40. The summed E-state index contributed by atoms with van der Waals surface area (Å²) < 4.78 is 5.49. The van der Waals surface area contributed by atoms with Crippen molar-refractivity contribution in [1.29, 1.82) is 0 Å². The standard InChI is InChI=1S/C20H18Cl2N2O2/c1-24(11-14-9-18(23-26-14)12-5-3-2-4-6-12)20-16-7-13(21)8-17(22)15(16)10-19(20)25/h2-9,19-20,25H,10-11H2,1H3/t19-,20+/m1/s1. The number of nitrogens with zero attached hydrogens (tertiary/aromatic N) is 2. The first-order chi connectivity index (χ1) is 12.5. The van der Waals surface area contributed by atoms with Crippen molar-refractivity contribution in [2.45, 2.75) is 25.1 Å². The van der Waals surface area contributed by atoms with Crippen LogP contribution < -0.4 is 0 Å². The first-order valence-corrected chi connectivity index (χ1v) is 9.15. The molecule has 2 aromatic carbocycles. The molecule has 2 atom stereocenters. The van der Waals surface area contributed by atoms with Gasteiger partial charge in [0.05, 0.1) is 18.7 Å². The van der Waals surface area contributed by atoms with Gasteiger partial charge in [0.2, 0.25) is 0 Å². The lowest BCUT2D eigenvalue weighted by Crippen LogP contribution is -2.30. The van der Waals surface area contributed by atoms with Crippen molar-refractivity contribution in [2.24, 2.45) is 0 Å². The van der Waals surface area contributed by atoms with Gasteiger partial charge in [-0.15, -0.1) is 0 Å². The topological polar surface area (TPSA) is 49.5 Å². The molecule has 0 radical (unpaired) electrons. The third-order valence-corrected chi connectivity index (χ3v) is 5.36. The van der Waals surface area contributed by atoms with E-state index in [2.05, 4.69) is 5.16 Å². The lowest BCUT2D eigenvalue weighted by molar-refractivity contribution is 0.0677. The van der Waals surface area contributed by atoms with Crippen molar-refractivity contribution < 1.29 is 9.63 Å². The van der Waals surface area contributed by atoms with E-state index in [-0.39, 0.29) is 6.04 Å². The zero-order valence-corrected chi connectivity index (χ0v) is 15.7. The van der Waals surface area contributed by atoms with Gasteiger partial charge in [0.25, 0.3) is 0 Å². The van der Waals surface area contributed by atoms with Crippen LogP contribution in [-0.2, 0) is 13.0 Å². The van der Waals surface area contributed by atoms with Crippen molar-refractivity contribution >= 4 is 23.2 Å². The van der Waals surface area contributed by atoms with Gasteiger partial charge in [-0.05, 0) is 30.3 Å². The monoisotopic (exact) mass is 388 g/mol. The van der Waals surface area contributed by atoms with Crippen LogP contribution in [0.5, 0.6) is 0 Å². The van der Waals surface area contributed by atoms with E-state index in [4.69, 9.17) is 27.7 Å². The second-order valence-electron chi connectivity index (χ2n) is 6.63. The van der Waals surface area contributed by atoms with Crippen molar-refractivity contribution in [2.75, 3.05) is 7.05 Å². The molecule has 4 nitrogen and oxygen atoms in total. The zero-order valence-electron chi connectivity index (χ0n) is 14.2. The molecule has 0 aliphatic heterocycles. The molecule has 134 valence electrons. The van der Waals surface area contributed by atoms with Gasteiger partial charge in [-0.2, -0.15) is 0 Å². The van der Waals surface area contributed by atoms with E-state index in [1.807, 2.05) is 54.4 Å². The van der Waals surface area contributed by atoms with Crippen molar-refractivity contribution in [3.63, 3.8) is 0 Å². The highest BCUT2D eigenvalue weighted by molar-refractivity contribution is 6.35. The molecule has 1 aliphatic rings. The maximum absolute atomic E-state index is 10.6. The summed E-state index contributed by atoms with van der Waals surface area (Å²) in [5.41, 5.74) is 3.74. The fourth-order valence-electron chi connectivity index (χ4n) is 3.64. The summed E-state index contributed by atoms with van der Waals surface area (Å²) in [5.74, 6) is 0.736. The van der Waals surface area contributed by atoms with Gasteiger partial charge in [-0.3, -0.25) is 4.90 Å². The number of aliphatic hydroxyl groups is 1. The largest absolute Gasteiger partial charge is 0.391 e. The number of hydrogen-bond acceptors (Lipinski definition) is 4. The number of aliphatic hydroxyl groups excluding tert-OH is 1. The van der Waals surface area contributed by atoms with E-state index < -0.39 is 6.10 Å². The molecule has 0 unspecified atom stereocenters. The smallest absolute Gasteiger partial charge is 0.151 e. The van der Waals surface area contributed by atoms with Gasteiger partial charge < -0.3 is 9.63 Å². The summed E-state index contributed by atoms with van der Waals surface area (Å²) in [6, 6.07) is 15.2. The van der Waals surface area contributed by atoms with Crippen molar-refractivity contribution in [3.05, 3.63) is 75.5 Å². The average Bonchev–Trinajstić information content (AvgIpc) is 3.20. The van der Waals surface area contributed by atoms with E-state index in [9.17, 15) is 5.11 Å². The van der Waals surface area contributed by atoms with Gasteiger partial charge in [0, 0.05) is 28.1 Å². The normalized spacial score (nSPS) is 19.1. The Morgan fingerprint density at radius 1 is 1.19 bits per heavy atom. The first kappa shape index (κ1) is 17.6. The maximum atomic E-state index is 10.6. The second-order valence-corrected chi connectivity index (χ2v) is 7.47. The Bertz CT molecular complexity index is 927. The molecule has 3 aromatic rings. The minimum Gasteiger partial charge on any atom is -0.391 e. The van der Waals surface area contributed by atoms with Gasteiger partial charge in [-0.25, -0.2) is 0 Å². The molecule has 0 bridgehead atoms.